The fourth-order valence-electron chi connectivity index (χ4n) is 2.12. The number of hydrogen-bond acceptors (Lipinski definition) is 2. The molecule has 0 aliphatic heterocycles. The fourth-order valence-corrected chi connectivity index (χ4v) is 2.12. The highest BCUT2D eigenvalue weighted by Crippen LogP contribution is 2.33. The number of benzene rings is 1. The van der Waals surface area contributed by atoms with Crippen LogP contribution in [0.15, 0.2) is 18.2 Å². The van der Waals surface area contributed by atoms with Gasteiger partial charge in [-0.25, -0.2) is 0 Å². The molecule has 0 aromatic heterocycles. The van der Waals surface area contributed by atoms with E-state index in [0.29, 0.717) is 6.04 Å². The second-order valence-corrected chi connectivity index (χ2v) is 4.56. The zero-order valence-electron chi connectivity index (χ0n) is 10.0. The zero-order valence-corrected chi connectivity index (χ0v) is 10.0. The summed E-state index contributed by atoms with van der Waals surface area (Å²) in [4.78, 5) is 2.40. The van der Waals surface area contributed by atoms with Crippen LogP contribution in [0.2, 0.25) is 0 Å². The SMILES string of the molecule is CCCN(c1ccc(C)cc1C#N)C1CC1. The summed E-state index contributed by atoms with van der Waals surface area (Å²) in [6, 6.07) is 9.18. The summed E-state index contributed by atoms with van der Waals surface area (Å²) in [7, 11) is 0. The maximum atomic E-state index is 9.19. The van der Waals surface area contributed by atoms with Gasteiger partial charge in [-0.15, -0.1) is 0 Å². The average molecular weight is 214 g/mol. The third kappa shape index (κ3) is 2.19. The van der Waals surface area contributed by atoms with Crippen LogP contribution < -0.4 is 4.90 Å². The number of nitrogens with zero attached hydrogens (tertiary/aromatic N) is 2. The van der Waals surface area contributed by atoms with Gasteiger partial charge in [-0.3, -0.25) is 0 Å². The molecule has 2 rings (SSSR count). The van der Waals surface area contributed by atoms with Crippen LogP contribution >= 0.6 is 0 Å². The van der Waals surface area contributed by atoms with E-state index in [2.05, 4.69) is 30.0 Å². The van der Waals surface area contributed by atoms with Gasteiger partial charge in [0, 0.05) is 12.6 Å². The van der Waals surface area contributed by atoms with Crippen molar-refractivity contribution in [3.63, 3.8) is 0 Å². The molecule has 0 saturated heterocycles. The predicted octanol–water partition coefficient (Wildman–Crippen LogP) is 3.25. The van der Waals surface area contributed by atoms with Gasteiger partial charge >= 0.3 is 0 Å². The predicted molar refractivity (Wildman–Crippen MR) is 66.6 cm³/mol. The van der Waals surface area contributed by atoms with E-state index >= 15 is 0 Å². The van der Waals surface area contributed by atoms with Crippen molar-refractivity contribution in [3.8, 4) is 6.07 Å². The smallest absolute Gasteiger partial charge is 0.101 e. The van der Waals surface area contributed by atoms with Crippen molar-refractivity contribution in [1.29, 1.82) is 5.26 Å². The topological polar surface area (TPSA) is 27.0 Å². The summed E-state index contributed by atoms with van der Waals surface area (Å²) in [6.07, 6.45) is 3.69. The van der Waals surface area contributed by atoms with E-state index in [1.165, 1.54) is 12.8 Å². The number of rotatable bonds is 4. The molecule has 1 aromatic carbocycles. The van der Waals surface area contributed by atoms with Crippen molar-refractivity contribution in [2.24, 2.45) is 0 Å². The Kier molecular flexibility index (Phi) is 3.14. The lowest BCUT2D eigenvalue weighted by molar-refractivity contribution is 0.762. The number of aryl methyl sites for hydroxylation is 1. The van der Waals surface area contributed by atoms with Crippen molar-refractivity contribution in [2.75, 3.05) is 11.4 Å². The highest BCUT2D eigenvalue weighted by atomic mass is 15.2. The molecule has 0 N–H and O–H groups in total. The highest BCUT2D eigenvalue weighted by Gasteiger charge is 2.29. The van der Waals surface area contributed by atoms with Crippen molar-refractivity contribution in [3.05, 3.63) is 29.3 Å². The molecule has 1 aromatic rings. The Morgan fingerprint density at radius 2 is 2.19 bits per heavy atom. The normalized spacial score (nSPS) is 14.6. The minimum Gasteiger partial charge on any atom is -0.367 e. The van der Waals surface area contributed by atoms with Gasteiger partial charge in [0.25, 0.3) is 0 Å². The van der Waals surface area contributed by atoms with Crippen LogP contribution in [0.1, 0.15) is 37.3 Å². The minimum atomic E-state index is 0.676. The quantitative estimate of drug-likeness (QED) is 0.769. The van der Waals surface area contributed by atoms with E-state index in [0.717, 1.165) is 29.8 Å². The molecular formula is C14H18N2. The van der Waals surface area contributed by atoms with Crippen LogP contribution in [0, 0.1) is 18.3 Å². The summed E-state index contributed by atoms with van der Waals surface area (Å²) in [6.45, 7) is 5.28. The Morgan fingerprint density at radius 1 is 1.44 bits per heavy atom. The molecule has 84 valence electrons. The number of nitriles is 1. The third-order valence-corrected chi connectivity index (χ3v) is 3.03. The molecule has 0 bridgehead atoms. The van der Waals surface area contributed by atoms with Crippen LogP contribution in [-0.4, -0.2) is 12.6 Å². The molecule has 1 saturated carbocycles. The molecule has 0 unspecified atom stereocenters. The Hall–Kier alpha value is -1.49. The van der Waals surface area contributed by atoms with E-state index in [-0.39, 0.29) is 0 Å². The first kappa shape index (κ1) is 11.0. The summed E-state index contributed by atoms with van der Waals surface area (Å²) < 4.78 is 0. The summed E-state index contributed by atoms with van der Waals surface area (Å²) in [5.41, 5.74) is 3.10. The molecule has 0 heterocycles. The molecule has 0 atom stereocenters. The summed E-state index contributed by atoms with van der Waals surface area (Å²) in [5.74, 6) is 0. The van der Waals surface area contributed by atoms with E-state index in [9.17, 15) is 5.26 Å². The average Bonchev–Trinajstić information content (AvgIpc) is 3.10. The van der Waals surface area contributed by atoms with Gasteiger partial charge in [0.1, 0.15) is 6.07 Å². The first-order valence-electron chi connectivity index (χ1n) is 6.03. The largest absolute Gasteiger partial charge is 0.367 e. The Morgan fingerprint density at radius 3 is 2.75 bits per heavy atom. The van der Waals surface area contributed by atoms with Gasteiger partial charge in [-0.2, -0.15) is 5.26 Å². The maximum absolute atomic E-state index is 9.19. The second-order valence-electron chi connectivity index (χ2n) is 4.56. The molecule has 0 spiro atoms. The Labute approximate surface area is 97.5 Å². The fraction of sp³-hybridized carbons (Fsp3) is 0.500. The molecule has 1 aliphatic rings. The molecule has 1 fully saturated rings. The molecule has 16 heavy (non-hydrogen) atoms. The lowest BCUT2D eigenvalue weighted by atomic mass is 10.1. The van der Waals surface area contributed by atoms with Gasteiger partial charge in [-0.1, -0.05) is 13.0 Å². The van der Waals surface area contributed by atoms with Gasteiger partial charge < -0.3 is 4.90 Å². The number of anilines is 1. The maximum Gasteiger partial charge on any atom is 0.101 e. The lowest BCUT2D eigenvalue weighted by Crippen LogP contribution is -2.27. The monoisotopic (exact) mass is 214 g/mol. The number of hydrogen-bond donors (Lipinski definition) is 0. The highest BCUT2D eigenvalue weighted by molar-refractivity contribution is 5.61. The van der Waals surface area contributed by atoms with Crippen molar-refractivity contribution in [1.82, 2.24) is 0 Å². The van der Waals surface area contributed by atoms with Crippen molar-refractivity contribution in [2.45, 2.75) is 39.2 Å². The van der Waals surface area contributed by atoms with Crippen LogP contribution in [-0.2, 0) is 0 Å². The summed E-state index contributed by atoms with van der Waals surface area (Å²) >= 11 is 0. The lowest BCUT2D eigenvalue weighted by Gasteiger charge is -2.25. The standard InChI is InChI=1S/C14H18N2/c1-3-8-16(13-5-6-13)14-7-4-11(2)9-12(14)10-15/h4,7,9,13H,3,5-6,8H2,1-2H3. The van der Waals surface area contributed by atoms with Gasteiger partial charge in [0.2, 0.25) is 0 Å². The van der Waals surface area contributed by atoms with Crippen LogP contribution in [0.5, 0.6) is 0 Å². The van der Waals surface area contributed by atoms with Crippen LogP contribution in [0.4, 0.5) is 5.69 Å². The van der Waals surface area contributed by atoms with Gasteiger partial charge in [-0.05, 0) is 43.9 Å². The molecule has 0 amide bonds. The van der Waals surface area contributed by atoms with Crippen LogP contribution in [0.25, 0.3) is 0 Å². The Balaban J connectivity index is 2.33. The van der Waals surface area contributed by atoms with E-state index < -0.39 is 0 Å². The zero-order chi connectivity index (χ0) is 11.5. The Bertz CT molecular complexity index is 413. The molecule has 2 nitrogen and oxygen atoms in total. The first-order valence-corrected chi connectivity index (χ1v) is 6.03. The molecular weight excluding hydrogens is 196 g/mol. The van der Waals surface area contributed by atoms with E-state index in [4.69, 9.17) is 0 Å². The molecule has 2 heteroatoms. The van der Waals surface area contributed by atoms with Crippen LogP contribution in [0.3, 0.4) is 0 Å². The second kappa shape index (κ2) is 4.57. The third-order valence-electron chi connectivity index (χ3n) is 3.03. The van der Waals surface area contributed by atoms with E-state index in [1.54, 1.807) is 0 Å². The van der Waals surface area contributed by atoms with Gasteiger partial charge in [0.15, 0.2) is 0 Å². The minimum absolute atomic E-state index is 0.676. The molecule has 1 aliphatic carbocycles. The van der Waals surface area contributed by atoms with Gasteiger partial charge in [0.05, 0.1) is 11.3 Å². The molecule has 0 radical (unpaired) electrons. The first-order chi connectivity index (χ1) is 7.76. The summed E-state index contributed by atoms with van der Waals surface area (Å²) in [5, 5.41) is 9.19. The van der Waals surface area contributed by atoms with Crippen molar-refractivity contribution < 1.29 is 0 Å². The van der Waals surface area contributed by atoms with E-state index in [1.807, 2.05) is 13.0 Å². The van der Waals surface area contributed by atoms with Crippen molar-refractivity contribution >= 4 is 5.69 Å².